The fourth-order valence-corrected chi connectivity index (χ4v) is 5.11. The number of nitrogens with zero attached hydrogens (tertiary/aromatic N) is 1. The van der Waals surface area contributed by atoms with E-state index in [2.05, 4.69) is 16.7 Å². The van der Waals surface area contributed by atoms with E-state index in [0.717, 1.165) is 11.4 Å². The lowest BCUT2D eigenvalue weighted by Gasteiger charge is -2.23. The van der Waals surface area contributed by atoms with Crippen molar-refractivity contribution >= 4 is 21.4 Å². The van der Waals surface area contributed by atoms with Gasteiger partial charge in [0.25, 0.3) is 0 Å². The zero-order valence-corrected chi connectivity index (χ0v) is 14.0. The molecule has 7 heteroatoms. The Bertz CT molecular complexity index is 536. The van der Waals surface area contributed by atoms with E-state index < -0.39 is 10.0 Å². The van der Waals surface area contributed by atoms with Gasteiger partial charge in [0.1, 0.15) is 4.21 Å². The molecule has 1 aromatic rings. The van der Waals surface area contributed by atoms with Gasteiger partial charge in [0.05, 0.1) is 0 Å². The maximum Gasteiger partial charge on any atom is 0.250 e. The minimum atomic E-state index is -3.42. The van der Waals surface area contributed by atoms with Gasteiger partial charge in [-0.05, 0) is 32.0 Å². The molecule has 1 aliphatic rings. The first-order chi connectivity index (χ1) is 10.0. The Hall–Kier alpha value is -0.470. The molecule has 0 spiro atoms. The highest BCUT2D eigenvalue weighted by Gasteiger charge is 2.20. The van der Waals surface area contributed by atoms with Crippen LogP contribution in [0.3, 0.4) is 0 Å². The molecular formula is C14H24N2O3S2. The minimum Gasteiger partial charge on any atom is -0.396 e. The highest BCUT2D eigenvalue weighted by molar-refractivity contribution is 7.91. The Morgan fingerprint density at radius 1 is 1.38 bits per heavy atom. The number of sulfonamides is 1. The van der Waals surface area contributed by atoms with Crippen molar-refractivity contribution < 1.29 is 13.5 Å². The monoisotopic (exact) mass is 332 g/mol. The molecule has 0 unspecified atom stereocenters. The van der Waals surface area contributed by atoms with Crippen LogP contribution in [0.25, 0.3) is 0 Å². The Labute approximate surface area is 131 Å². The maximum absolute atomic E-state index is 12.2. The van der Waals surface area contributed by atoms with E-state index in [-0.39, 0.29) is 6.61 Å². The highest BCUT2D eigenvalue weighted by atomic mass is 32.2. The maximum atomic E-state index is 12.2. The van der Waals surface area contributed by atoms with Crippen LogP contribution in [0.1, 0.15) is 30.6 Å². The summed E-state index contributed by atoms with van der Waals surface area (Å²) >= 11 is 1.22. The van der Waals surface area contributed by atoms with Crippen LogP contribution in [0.5, 0.6) is 0 Å². The van der Waals surface area contributed by atoms with E-state index in [1.165, 1.54) is 37.0 Å². The van der Waals surface area contributed by atoms with Crippen molar-refractivity contribution in [1.29, 1.82) is 0 Å². The summed E-state index contributed by atoms with van der Waals surface area (Å²) in [5, 5.41) is 8.87. The molecule has 0 bridgehead atoms. The van der Waals surface area contributed by atoms with Gasteiger partial charge >= 0.3 is 0 Å². The number of aliphatic hydroxyl groups is 1. The molecule has 1 heterocycles. The van der Waals surface area contributed by atoms with Gasteiger partial charge in [0, 0.05) is 37.0 Å². The van der Waals surface area contributed by atoms with Crippen molar-refractivity contribution in [2.24, 2.45) is 0 Å². The molecule has 1 fully saturated rings. The van der Waals surface area contributed by atoms with Gasteiger partial charge in [-0.3, -0.25) is 0 Å². The number of rotatable bonds is 8. The number of hydrogen-bond donors (Lipinski definition) is 2. The molecule has 0 amide bonds. The summed E-state index contributed by atoms with van der Waals surface area (Å²) in [6.07, 6.45) is 5.51. The van der Waals surface area contributed by atoms with Gasteiger partial charge in [0.2, 0.25) is 10.0 Å². The molecule has 5 nitrogen and oxygen atoms in total. The Morgan fingerprint density at radius 2 is 2.10 bits per heavy atom. The van der Waals surface area contributed by atoms with Crippen LogP contribution in [0, 0.1) is 0 Å². The lowest BCUT2D eigenvalue weighted by molar-refractivity contribution is 0.250. The number of likely N-dealkylation sites (N-methyl/N-ethyl adjacent to an activating group) is 1. The fraction of sp³-hybridized carbons (Fsp3) is 0.714. The summed E-state index contributed by atoms with van der Waals surface area (Å²) in [7, 11) is -1.35. The molecule has 0 aliphatic heterocycles. The molecule has 1 saturated carbocycles. The van der Waals surface area contributed by atoms with Gasteiger partial charge in [-0.1, -0.05) is 12.8 Å². The third-order valence-electron chi connectivity index (χ3n) is 3.96. The standard InChI is InChI=1S/C14H24N2O3S2/c1-16(12-4-2-3-5-12)10-9-15-21(18,19)14-7-6-13(20-14)8-11-17/h6-7,12,15,17H,2-5,8-11H2,1H3. The van der Waals surface area contributed by atoms with Crippen molar-refractivity contribution in [3.63, 3.8) is 0 Å². The predicted octanol–water partition coefficient (Wildman–Crippen LogP) is 1.44. The summed E-state index contributed by atoms with van der Waals surface area (Å²) in [6.45, 7) is 1.21. The molecule has 0 radical (unpaired) electrons. The van der Waals surface area contributed by atoms with Crippen LogP contribution in [0.15, 0.2) is 16.3 Å². The van der Waals surface area contributed by atoms with Crippen molar-refractivity contribution in [2.45, 2.75) is 42.4 Å². The van der Waals surface area contributed by atoms with Crippen LogP contribution in [0.4, 0.5) is 0 Å². The Balaban J connectivity index is 1.82. The summed E-state index contributed by atoms with van der Waals surface area (Å²) < 4.78 is 27.3. The summed E-state index contributed by atoms with van der Waals surface area (Å²) in [4.78, 5) is 3.14. The van der Waals surface area contributed by atoms with E-state index >= 15 is 0 Å². The minimum absolute atomic E-state index is 0.0413. The van der Waals surface area contributed by atoms with Crippen LogP contribution < -0.4 is 4.72 Å². The molecule has 2 N–H and O–H groups in total. The van der Waals surface area contributed by atoms with Gasteiger partial charge in [-0.15, -0.1) is 11.3 Å². The topological polar surface area (TPSA) is 69.6 Å². The molecule has 1 aliphatic carbocycles. The summed E-state index contributed by atoms with van der Waals surface area (Å²) in [5.41, 5.74) is 0. The normalized spacial score (nSPS) is 16.9. The Morgan fingerprint density at radius 3 is 2.76 bits per heavy atom. The smallest absolute Gasteiger partial charge is 0.250 e. The van der Waals surface area contributed by atoms with Crippen LogP contribution in [-0.4, -0.2) is 51.2 Å². The largest absolute Gasteiger partial charge is 0.396 e. The molecule has 120 valence electrons. The molecule has 0 aromatic carbocycles. The zero-order chi connectivity index (χ0) is 15.3. The number of nitrogens with one attached hydrogen (secondary N) is 1. The lowest BCUT2D eigenvalue weighted by Crippen LogP contribution is -2.37. The van der Waals surface area contributed by atoms with E-state index in [1.807, 2.05) is 0 Å². The van der Waals surface area contributed by atoms with E-state index in [0.29, 0.717) is 23.2 Å². The molecule has 21 heavy (non-hydrogen) atoms. The predicted molar refractivity (Wildman–Crippen MR) is 85.2 cm³/mol. The SMILES string of the molecule is CN(CCNS(=O)(=O)c1ccc(CCO)s1)C1CCCC1. The number of thiophene rings is 1. The average Bonchev–Trinajstić information content (AvgIpc) is 3.10. The molecule has 2 rings (SSSR count). The van der Waals surface area contributed by atoms with Gasteiger partial charge in [-0.2, -0.15) is 0 Å². The number of hydrogen-bond acceptors (Lipinski definition) is 5. The lowest BCUT2D eigenvalue weighted by atomic mass is 10.2. The Kier molecular flexibility index (Phi) is 6.19. The molecular weight excluding hydrogens is 308 g/mol. The first-order valence-corrected chi connectivity index (χ1v) is 9.72. The number of aliphatic hydroxyl groups excluding tert-OH is 1. The van der Waals surface area contributed by atoms with Crippen LogP contribution >= 0.6 is 11.3 Å². The molecule has 1 aromatic heterocycles. The van der Waals surface area contributed by atoms with Crippen LogP contribution in [-0.2, 0) is 16.4 Å². The molecule has 0 saturated heterocycles. The summed E-state index contributed by atoms with van der Waals surface area (Å²) in [6, 6.07) is 3.98. The van der Waals surface area contributed by atoms with E-state index in [1.54, 1.807) is 12.1 Å². The second kappa shape index (κ2) is 7.69. The van der Waals surface area contributed by atoms with Gasteiger partial charge in [-0.25, -0.2) is 13.1 Å². The first-order valence-electron chi connectivity index (χ1n) is 7.42. The van der Waals surface area contributed by atoms with E-state index in [4.69, 9.17) is 5.11 Å². The highest BCUT2D eigenvalue weighted by Crippen LogP contribution is 2.23. The zero-order valence-electron chi connectivity index (χ0n) is 12.4. The summed E-state index contributed by atoms with van der Waals surface area (Å²) in [5.74, 6) is 0. The third kappa shape index (κ3) is 4.75. The van der Waals surface area contributed by atoms with Gasteiger partial charge in [0.15, 0.2) is 0 Å². The van der Waals surface area contributed by atoms with Crippen molar-refractivity contribution in [3.8, 4) is 0 Å². The third-order valence-corrected chi connectivity index (χ3v) is 7.06. The first kappa shape index (κ1) is 16.9. The second-order valence-electron chi connectivity index (χ2n) is 5.51. The van der Waals surface area contributed by atoms with E-state index in [9.17, 15) is 8.42 Å². The van der Waals surface area contributed by atoms with Crippen molar-refractivity contribution in [2.75, 3.05) is 26.7 Å². The van der Waals surface area contributed by atoms with Gasteiger partial charge < -0.3 is 10.0 Å². The van der Waals surface area contributed by atoms with Crippen molar-refractivity contribution in [1.82, 2.24) is 9.62 Å². The average molecular weight is 332 g/mol. The molecule has 0 atom stereocenters. The van der Waals surface area contributed by atoms with Crippen LogP contribution in [0.2, 0.25) is 0 Å². The second-order valence-corrected chi connectivity index (χ2v) is 8.67. The quantitative estimate of drug-likeness (QED) is 0.756. The fourth-order valence-electron chi connectivity index (χ4n) is 2.70. The van der Waals surface area contributed by atoms with Crippen molar-refractivity contribution in [3.05, 3.63) is 17.0 Å².